The molecule has 0 bridgehead atoms. The monoisotopic (exact) mass is 663 g/mol. The molecule has 2 heterocycles. The molecule has 0 radical (unpaired) electrons. The van der Waals surface area contributed by atoms with E-state index in [9.17, 15) is 24.6 Å². The third-order valence-electron chi connectivity index (χ3n) is 8.96. The van der Waals surface area contributed by atoms with Crippen LogP contribution in [0.25, 0.3) is 0 Å². The van der Waals surface area contributed by atoms with Gasteiger partial charge in [-0.25, -0.2) is 0 Å². The summed E-state index contributed by atoms with van der Waals surface area (Å²) >= 11 is 6.59. The van der Waals surface area contributed by atoms with Crippen LogP contribution >= 0.6 is 11.6 Å². The molecule has 0 saturated carbocycles. The van der Waals surface area contributed by atoms with Crippen molar-refractivity contribution in [1.29, 1.82) is 0 Å². The lowest BCUT2D eigenvalue weighted by Crippen LogP contribution is -2.53. The number of fused-ring (bicyclic) bond motifs is 2. The number of ketones is 2. The molecule has 246 valence electrons. The van der Waals surface area contributed by atoms with E-state index in [0.717, 1.165) is 5.56 Å². The second kappa shape index (κ2) is 12.8. The summed E-state index contributed by atoms with van der Waals surface area (Å²) in [4.78, 5) is 41.9. The van der Waals surface area contributed by atoms with Gasteiger partial charge in [0, 0.05) is 36.3 Å². The SMILES string of the molecule is COc1cc(OC)c2c(c1Cl)OC1(C2=O)C(O)=C(C(CC(=O)NC(CO)Cc2ccccc2)c2ccc3c(c2)OCO3)C(=O)CC1C. The molecule has 6 rings (SSSR count). The fourth-order valence-electron chi connectivity index (χ4n) is 6.59. The summed E-state index contributed by atoms with van der Waals surface area (Å²) in [5.74, 6) is -2.88. The molecule has 1 aliphatic carbocycles. The number of allylic oxidation sites excluding steroid dienone is 1. The summed E-state index contributed by atoms with van der Waals surface area (Å²) in [6.07, 6.45) is -0.108. The Morgan fingerprint density at radius 3 is 2.49 bits per heavy atom. The number of hydrogen-bond donors (Lipinski definition) is 3. The number of aliphatic hydroxyl groups excluding tert-OH is 2. The lowest BCUT2D eigenvalue weighted by molar-refractivity contribution is -0.122. The largest absolute Gasteiger partial charge is 0.507 e. The van der Waals surface area contributed by atoms with E-state index in [-0.39, 0.29) is 59.6 Å². The Hall–Kier alpha value is -4.74. The fourth-order valence-corrected chi connectivity index (χ4v) is 6.85. The van der Waals surface area contributed by atoms with Gasteiger partial charge in [-0.2, -0.15) is 0 Å². The first-order chi connectivity index (χ1) is 22.6. The predicted octanol–water partition coefficient (Wildman–Crippen LogP) is 4.71. The average molecular weight is 664 g/mol. The van der Waals surface area contributed by atoms with Crippen molar-refractivity contribution >= 4 is 29.1 Å². The maximum atomic E-state index is 14.3. The molecule has 3 aromatic carbocycles. The first-order valence-electron chi connectivity index (χ1n) is 15.1. The summed E-state index contributed by atoms with van der Waals surface area (Å²) in [7, 11) is 2.78. The predicted molar refractivity (Wildman–Crippen MR) is 170 cm³/mol. The summed E-state index contributed by atoms with van der Waals surface area (Å²) in [5, 5.41) is 25.1. The number of Topliss-reactive ketones (excluding diaryl/α,β-unsaturated/α-hetero) is 2. The van der Waals surface area contributed by atoms with Crippen molar-refractivity contribution in [2.75, 3.05) is 27.6 Å². The van der Waals surface area contributed by atoms with Crippen LogP contribution in [0.4, 0.5) is 0 Å². The minimum atomic E-state index is -2.03. The van der Waals surface area contributed by atoms with Crippen molar-refractivity contribution in [3.8, 4) is 28.7 Å². The standard InChI is InChI=1S/C35H34ClNO10/c1-18-11-23(39)29(33(41)35(18)34(42)30-26(43-2)15-27(44-3)31(36)32(30)47-35)22(20-9-10-24-25(13-20)46-17-45-24)14-28(40)37-21(16-38)12-19-7-5-4-6-8-19/h4-10,13,15,18,21-22,38,41H,11-12,14,16-17H2,1-3H3,(H,37,40). The number of rotatable bonds is 10. The van der Waals surface area contributed by atoms with Gasteiger partial charge >= 0.3 is 0 Å². The molecule has 4 unspecified atom stereocenters. The second-order valence-electron chi connectivity index (χ2n) is 11.8. The summed E-state index contributed by atoms with van der Waals surface area (Å²) in [6.45, 7) is 1.31. The highest BCUT2D eigenvalue weighted by Gasteiger charge is 2.61. The van der Waals surface area contributed by atoms with Gasteiger partial charge < -0.3 is 39.2 Å². The Morgan fingerprint density at radius 1 is 1.06 bits per heavy atom. The Balaban J connectivity index is 1.43. The first kappa shape index (κ1) is 32.2. The van der Waals surface area contributed by atoms with Crippen molar-refractivity contribution < 1.29 is 48.3 Å². The van der Waals surface area contributed by atoms with Crippen LogP contribution in [0.3, 0.4) is 0 Å². The molecule has 1 amide bonds. The van der Waals surface area contributed by atoms with Crippen LogP contribution in [0.15, 0.2) is 65.9 Å². The number of carbonyl (C=O) groups excluding carboxylic acids is 3. The molecule has 0 saturated heterocycles. The van der Waals surface area contributed by atoms with Crippen LogP contribution in [0, 0.1) is 5.92 Å². The fraction of sp³-hybridized carbons (Fsp3) is 0.343. The third kappa shape index (κ3) is 5.53. The molecule has 11 nitrogen and oxygen atoms in total. The highest BCUT2D eigenvalue weighted by molar-refractivity contribution is 6.35. The molecule has 47 heavy (non-hydrogen) atoms. The van der Waals surface area contributed by atoms with Gasteiger partial charge in [0.15, 0.2) is 28.8 Å². The Kier molecular flexibility index (Phi) is 8.78. The Bertz CT molecular complexity index is 1770. The van der Waals surface area contributed by atoms with E-state index < -0.39 is 46.7 Å². The van der Waals surface area contributed by atoms with Gasteiger partial charge in [0.05, 0.1) is 26.9 Å². The van der Waals surface area contributed by atoms with E-state index in [0.29, 0.717) is 23.5 Å². The Morgan fingerprint density at radius 2 is 1.79 bits per heavy atom. The van der Waals surface area contributed by atoms with Gasteiger partial charge in [-0.15, -0.1) is 0 Å². The maximum Gasteiger partial charge on any atom is 0.231 e. The minimum absolute atomic E-state index is 0.00175. The number of methoxy groups -OCH3 is 2. The van der Waals surface area contributed by atoms with Crippen LogP contribution < -0.4 is 29.0 Å². The van der Waals surface area contributed by atoms with Gasteiger partial charge in [-0.05, 0) is 29.7 Å². The number of benzene rings is 3. The topological polar surface area (TPSA) is 150 Å². The Labute approximate surface area is 276 Å². The normalized spacial score (nSPS) is 20.9. The molecule has 2 aliphatic heterocycles. The molecular formula is C35H34ClNO10. The van der Waals surface area contributed by atoms with E-state index in [1.165, 1.54) is 20.3 Å². The molecule has 3 aliphatic rings. The van der Waals surface area contributed by atoms with Gasteiger partial charge in [-0.1, -0.05) is 54.9 Å². The zero-order valence-corrected chi connectivity index (χ0v) is 26.8. The van der Waals surface area contributed by atoms with Gasteiger partial charge in [-0.3, -0.25) is 14.4 Å². The molecular weight excluding hydrogens is 630 g/mol. The average Bonchev–Trinajstić information content (AvgIpc) is 3.67. The van der Waals surface area contributed by atoms with Crippen LogP contribution in [0.5, 0.6) is 28.7 Å². The summed E-state index contributed by atoms with van der Waals surface area (Å²) in [5.41, 5.74) is -0.785. The maximum absolute atomic E-state index is 14.3. The van der Waals surface area contributed by atoms with E-state index >= 15 is 0 Å². The molecule has 3 aromatic rings. The number of carbonyl (C=O) groups is 3. The van der Waals surface area contributed by atoms with Crippen molar-refractivity contribution in [2.45, 2.75) is 43.7 Å². The molecule has 1 spiro atoms. The molecule has 4 atom stereocenters. The van der Waals surface area contributed by atoms with Crippen molar-refractivity contribution in [1.82, 2.24) is 5.32 Å². The van der Waals surface area contributed by atoms with Crippen molar-refractivity contribution in [3.63, 3.8) is 0 Å². The number of aliphatic hydroxyl groups is 2. The molecule has 3 N–H and O–H groups in total. The zero-order valence-electron chi connectivity index (χ0n) is 26.0. The van der Waals surface area contributed by atoms with Crippen molar-refractivity contribution in [2.24, 2.45) is 5.92 Å². The number of amides is 1. The number of ether oxygens (including phenoxy) is 5. The van der Waals surface area contributed by atoms with E-state index in [4.69, 9.17) is 35.3 Å². The van der Waals surface area contributed by atoms with Gasteiger partial charge in [0.2, 0.25) is 24.1 Å². The second-order valence-corrected chi connectivity index (χ2v) is 12.1. The molecule has 0 aromatic heterocycles. The summed E-state index contributed by atoms with van der Waals surface area (Å²) in [6, 6.07) is 15.2. The number of nitrogens with one attached hydrogen (secondary N) is 1. The van der Waals surface area contributed by atoms with E-state index in [1.54, 1.807) is 25.1 Å². The molecule has 0 fully saturated rings. The van der Waals surface area contributed by atoms with E-state index in [2.05, 4.69) is 5.32 Å². The molecule has 12 heteroatoms. The van der Waals surface area contributed by atoms with E-state index in [1.807, 2.05) is 30.3 Å². The zero-order chi connectivity index (χ0) is 33.5. The highest BCUT2D eigenvalue weighted by atomic mass is 35.5. The minimum Gasteiger partial charge on any atom is -0.507 e. The third-order valence-corrected chi connectivity index (χ3v) is 9.32. The summed E-state index contributed by atoms with van der Waals surface area (Å²) < 4.78 is 28.2. The lowest BCUT2D eigenvalue weighted by Gasteiger charge is -2.38. The van der Waals surface area contributed by atoms with Crippen LogP contribution in [0.1, 0.15) is 47.2 Å². The number of halogens is 1. The van der Waals surface area contributed by atoms with Gasteiger partial charge in [0.1, 0.15) is 22.1 Å². The first-order valence-corrected chi connectivity index (χ1v) is 15.5. The number of hydrogen-bond acceptors (Lipinski definition) is 10. The quantitative estimate of drug-likeness (QED) is 0.278. The highest BCUT2D eigenvalue weighted by Crippen LogP contribution is 2.56. The van der Waals surface area contributed by atoms with Crippen LogP contribution in [-0.4, -0.2) is 66.9 Å². The van der Waals surface area contributed by atoms with Crippen molar-refractivity contribution in [3.05, 3.63) is 87.6 Å². The smallest absolute Gasteiger partial charge is 0.231 e. The van der Waals surface area contributed by atoms with Gasteiger partial charge in [0.25, 0.3) is 0 Å². The lowest BCUT2D eigenvalue weighted by atomic mass is 9.69. The van der Waals surface area contributed by atoms with Crippen LogP contribution in [-0.2, 0) is 16.0 Å². The van der Waals surface area contributed by atoms with Crippen LogP contribution in [0.2, 0.25) is 5.02 Å².